The molecule has 3 atom stereocenters. The highest BCUT2D eigenvalue weighted by atomic mass is 16.5. The van der Waals surface area contributed by atoms with Crippen LogP contribution in [0.2, 0.25) is 0 Å². The number of ketones is 1. The van der Waals surface area contributed by atoms with E-state index in [9.17, 15) is 14.7 Å². The highest BCUT2D eigenvalue weighted by Gasteiger charge is 2.34. The molecule has 1 aromatic carbocycles. The van der Waals surface area contributed by atoms with Gasteiger partial charge in [0.05, 0.1) is 13.2 Å². The Morgan fingerprint density at radius 2 is 1.96 bits per heavy atom. The van der Waals surface area contributed by atoms with Crippen molar-refractivity contribution in [1.29, 1.82) is 0 Å². The van der Waals surface area contributed by atoms with Gasteiger partial charge in [-0.3, -0.25) is 9.59 Å². The van der Waals surface area contributed by atoms with Crippen LogP contribution in [-0.4, -0.2) is 30.1 Å². The summed E-state index contributed by atoms with van der Waals surface area (Å²) in [5.41, 5.74) is 3.57. The largest absolute Gasteiger partial charge is 0.469 e. The van der Waals surface area contributed by atoms with E-state index in [2.05, 4.69) is 18.2 Å². The first-order valence-corrected chi connectivity index (χ1v) is 10.6. The first kappa shape index (κ1) is 20.8. The van der Waals surface area contributed by atoms with Crippen LogP contribution in [0.25, 0.3) is 0 Å². The molecule has 4 nitrogen and oxygen atoms in total. The topological polar surface area (TPSA) is 63.6 Å². The Labute approximate surface area is 168 Å². The summed E-state index contributed by atoms with van der Waals surface area (Å²) in [5, 5.41) is 10.3. The van der Waals surface area contributed by atoms with E-state index in [0.717, 1.165) is 56.9 Å². The number of benzene rings is 1. The van der Waals surface area contributed by atoms with E-state index in [0.29, 0.717) is 18.6 Å². The average molecular weight is 385 g/mol. The normalized spacial score (nSPS) is 26.6. The molecule has 0 radical (unpaired) electrons. The maximum atomic E-state index is 12.6. The predicted molar refractivity (Wildman–Crippen MR) is 109 cm³/mol. The molecule has 0 saturated heterocycles. The summed E-state index contributed by atoms with van der Waals surface area (Å²) in [5.74, 6) is 0.402. The second-order valence-electron chi connectivity index (χ2n) is 8.18. The standard InChI is InChI=1S/C24H32O4/c1-28-24(27)12-6-10-17-7-2-3-8-18(17)16-21-19(13-14-23(21)26)15-20-9-4-5-11-22(20)25/h2-3,7-8,15,19,21-22,25H,4-6,9-14,16H2,1H3/t19-,21?,22-/m0/s1. The quantitative estimate of drug-likeness (QED) is 0.566. The van der Waals surface area contributed by atoms with E-state index >= 15 is 0 Å². The molecule has 2 aliphatic carbocycles. The number of esters is 1. The van der Waals surface area contributed by atoms with Crippen molar-refractivity contribution < 1.29 is 19.4 Å². The lowest BCUT2D eigenvalue weighted by atomic mass is 9.83. The third-order valence-electron chi connectivity index (χ3n) is 6.32. The van der Waals surface area contributed by atoms with Crippen LogP contribution in [-0.2, 0) is 27.2 Å². The van der Waals surface area contributed by atoms with Gasteiger partial charge in [-0.15, -0.1) is 0 Å². The molecule has 0 spiro atoms. The number of Topliss-reactive ketones (excluding diaryl/α,β-unsaturated/α-hetero) is 1. The van der Waals surface area contributed by atoms with Gasteiger partial charge in [0.15, 0.2) is 0 Å². The Bertz CT molecular complexity index is 721. The average Bonchev–Trinajstić information content (AvgIpc) is 3.04. The van der Waals surface area contributed by atoms with Gasteiger partial charge in [0.2, 0.25) is 0 Å². The number of aliphatic hydroxyl groups is 1. The number of carbonyl (C=O) groups excluding carboxylic acids is 2. The number of rotatable bonds is 7. The molecule has 0 heterocycles. The summed E-state index contributed by atoms with van der Waals surface area (Å²) in [6, 6.07) is 8.26. The van der Waals surface area contributed by atoms with Gasteiger partial charge in [-0.1, -0.05) is 36.8 Å². The number of ether oxygens (including phenoxy) is 1. The third-order valence-corrected chi connectivity index (χ3v) is 6.32. The third kappa shape index (κ3) is 5.32. The molecule has 2 fully saturated rings. The predicted octanol–water partition coefficient (Wildman–Crippen LogP) is 4.18. The Balaban J connectivity index is 1.69. The zero-order valence-electron chi connectivity index (χ0n) is 16.9. The van der Waals surface area contributed by atoms with E-state index in [1.54, 1.807) is 0 Å². The first-order valence-electron chi connectivity index (χ1n) is 10.6. The molecule has 0 aromatic heterocycles. The monoisotopic (exact) mass is 384 g/mol. The fourth-order valence-corrected chi connectivity index (χ4v) is 4.65. The SMILES string of the molecule is COC(=O)CCCc1ccccc1CC1C(=O)CC[C@H]1C=C1CCCC[C@@H]1O. The second-order valence-corrected chi connectivity index (χ2v) is 8.18. The van der Waals surface area contributed by atoms with Gasteiger partial charge in [-0.05, 0) is 67.6 Å². The van der Waals surface area contributed by atoms with Gasteiger partial charge >= 0.3 is 5.97 Å². The Kier molecular flexibility index (Phi) is 7.43. The molecule has 28 heavy (non-hydrogen) atoms. The van der Waals surface area contributed by atoms with Crippen LogP contribution in [0.3, 0.4) is 0 Å². The Hall–Kier alpha value is -1.94. The fourth-order valence-electron chi connectivity index (χ4n) is 4.65. The summed E-state index contributed by atoms with van der Waals surface area (Å²) in [6.07, 6.45) is 10.2. The Morgan fingerprint density at radius 1 is 1.18 bits per heavy atom. The highest BCUT2D eigenvalue weighted by Crippen LogP contribution is 2.36. The van der Waals surface area contributed by atoms with Crippen molar-refractivity contribution in [3.8, 4) is 0 Å². The molecule has 3 rings (SSSR count). The molecule has 1 unspecified atom stereocenters. The van der Waals surface area contributed by atoms with Crippen molar-refractivity contribution in [3.05, 3.63) is 47.0 Å². The zero-order valence-corrected chi connectivity index (χ0v) is 16.9. The minimum absolute atomic E-state index is 0.00313. The van der Waals surface area contributed by atoms with Crippen LogP contribution in [0.1, 0.15) is 62.5 Å². The van der Waals surface area contributed by atoms with Gasteiger partial charge in [0.25, 0.3) is 0 Å². The van der Waals surface area contributed by atoms with E-state index in [-0.39, 0.29) is 23.9 Å². The molecular formula is C24H32O4. The van der Waals surface area contributed by atoms with Crippen LogP contribution in [0.15, 0.2) is 35.9 Å². The number of hydrogen-bond acceptors (Lipinski definition) is 4. The summed E-state index contributed by atoms with van der Waals surface area (Å²) < 4.78 is 4.72. The van der Waals surface area contributed by atoms with Gasteiger partial charge in [0.1, 0.15) is 5.78 Å². The molecule has 0 bridgehead atoms. The molecule has 2 aliphatic rings. The van der Waals surface area contributed by atoms with Gasteiger partial charge in [-0.2, -0.15) is 0 Å². The van der Waals surface area contributed by atoms with E-state index < -0.39 is 0 Å². The minimum atomic E-state index is -0.323. The maximum absolute atomic E-state index is 12.6. The second kappa shape index (κ2) is 10.0. The molecule has 0 aliphatic heterocycles. The van der Waals surface area contributed by atoms with E-state index in [1.807, 2.05) is 12.1 Å². The lowest BCUT2D eigenvalue weighted by Crippen LogP contribution is -2.20. The van der Waals surface area contributed by atoms with Gasteiger partial charge < -0.3 is 9.84 Å². The van der Waals surface area contributed by atoms with Crippen molar-refractivity contribution in [3.63, 3.8) is 0 Å². The zero-order chi connectivity index (χ0) is 19.9. The van der Waals surface area contributed by atoms with Crippen LogP contribution >= 0.6 is 0 Å². The molecule has 152 valence electrons. The molecule has 2 saturated carbocycles. The molecule has 1 N–H and O–H groups in total. The van der Waals surface area contributed by atoms with Crippen molar-refractivity contribution in [2.75, 3.05) is 7.11 Å². The van der Waals surface area contributed by atoms with Gasteiger partial charge in [0, 0.05) is 18.8 Å². The van der Waals surface area contributed by atoms with E-state index in [4.69, 9.17) is 4.74 Å². The first-order chi connectivity index (χ1) is 13.6. The van der Waals surface area contributed by atoms with Crippen LogP contribution < -0.4 is 0 Å². The van der Waals surface area contributed by atoms with Crippen molar-refractivity contribution in [2.45, 2.75) is 70.3 Å². The highest BCUT2D eigenvalue weighted by molar-refractivity contribution is 5.84. The van der Waals surface area contributed by atoms with E-state index in [1.165, 1.54) is 18.2 Å². The van der Waals surface area contributed by atoms with Crippen molar-refractivity contribution in [2.24, 2.45) is 11.8 Å². The van der Waals surface area contributed by atoms with Crippen LogP contribution in [0, 0.1) is 11.8 Å². The number of hydrogen-bond donors (Lipinski definition) is 1. The maximum Gasteiger partial charge on any atom is 0.305 e. The number of carbonyl (C=O) groups is 2. The van der Waals surface area contributed by atoms with Crippen molar-refractivity contribution in [1.82, 2.24) is 0 Å². The van der Waals surface area contributed by atoms with Gasteiger partial charge in [-0.25, -0.2) is 0 Å². The summed E-state index contributed by atoms with van der Waals surface area (Å²) in [7, 11) is 1.42. The summed E-state index contributed by atoms with van der Waals surface area (Å²) in [6.45, 7) is 0. The lowest BCUT2D eigenvalue weighted by molar-refractivity contribution is -0.140. The number of allylic oxidation sites excluding steroid dienone is 1. The number of aliphatic hydroxyl groups excluding tert-OH is 1. The lowest BCUT2D eigenvalue weighted by Gasteiger charge is -2.24. The number of aryl methyl sites for hydroxylation is 1. The Morgan fingerprint density at radius 3 is 2.71 bits per heavy atom. The molecule has 0 amide bonds. The fraction of sp³-hybridized carbons (Fsp3) is 0.583. The molecule has 4 heteroatoms. The van der Waals surface area contributed by atoms with Crippen molar-refractivity contribution >= 4 is 11.8 Å². The summed E-state index contributed by atoms with van der Waals surface area (Å²) >= 11 is 0. The number of methoxy groups -OCH3 is 1. The van der Waals surface area contributed by atoms with Crippen LogP contribution in [0.5, 0.6) is 0 Å². The summed E-state index contributed by atoms with van der Waals surface area (Å²) in [4.78, 5) is 24.0. The minimum Gasteiger partial charge on any atom is -0.469 e. The molecular weight excluding hydrogens is 352 g/mol. The molecule has 1 aromatic rings. The smallest absolute Gasteiger partial charge is 0.305 e. The van der Waals surface area contributed by atoms with Crippen LogP contribution in [0.4, 0.5) is 0 Å².